The van der Waals surface area contributed by atoms with E-state index in [2.05, 4.69) is 34.4 Å². The number of primary sulfonamides is 1. The molecule has 146 valence electrons. The molecule has 8 nitrogen and oxygen atoms in total. The smallest absolute Gasteiger partial charge is 0.254 e. The number of sulfonamides is 1. The zero-order valence-electron chi connectivity index (χ0n) is 15.5. The highest BCUT2D eigenvalue weighted by atomic mass is 32.2. The van der Waals surface area contributed by atoms with E-state index in [1.165, 1.54) is 24.5 Å². The van der Waals surface area contributed by atoms with Crippen LogP contribution < -0.4 is 15.8 Å². The minimum absolute atomic E-state index is 0.0878. The maximum absolute atomic E-state index is 12.0. The highest BCUT2D eigenvalue weighted by Crippen LogP contribution is 2.09. The molecule has 0 saturated heterocycles. The number of nitrogens with one attached hydrogen (secondary N) is 2. The zero-order valence-corrected chi connectivity index (χ0v) is 16.3. The first-order valence-electron chi connectivity index (χ1n) is 8.71. The first kappa shape index (κ1) is 20.8. The minimum Gasteiger partial charge on any atom is -0.354 e. The predicted molar refractivity (Wildman–Crippen MR) is 104 cm³/mol. The molecule has 0 atom stereocenters. The quantitative estimate of drug-likeness (QED) is 0.595. The van der Waals surface area contributed by atoms with Crippen LogP contribution in [0.25, 0.3) is 0 Å². The molecule has 2 rings (SSSR count). The Morgan fingerprint density at radius 3 is 2.30 bits per heavy atom. The van der Waals surface area contributed by atoms with Crippen LogP contribution in [0.4, 0.5) is 5.95 Å². The molecule has 0 fully saturated rings. The lowest BCUT2D eigenvalue weighted by Gasteiger charge is -2.08. The van der Waals surface area contributed by atoms with Gasteiger partial charge in [0.25, 0.3) is 5.91 Å². The summed E-state index contributed by atoms with van der Waals surface area (Å²) in [6, 6.07) is 6.39. The number of aromatic nitrogens is 2. The molecular formula is C18H25N5O3S. The summed E-state index contributed by atoms with van der Waals surface area (Å²) in [5, 5.41) is 11.0. The Morgan fingerprint density at radius 2 is 1.74 bits per heavy atom. The molecule has 4 N–H and O–H groups in total. The second kappa shape index (κ2) is 9.43. The fraction of sp³-hybridized carbons (Fsp3) is 0.389. The van der Waals surface area contributed by atoms with Crippen LogP contribution in [0.5, 0.6) is 0 Å². The number of hydrogen-bond donors (Lipinski definition) is 3. The first-order valence-corrected chi connectivity index (χ1v) is 10.3. The summed E-state index contributed by atoms with van der Waals surface area (Å²) in [6.45, 7) is 5.39. The molecule has 1 amide bonds. The average Bonchev–Trinajstić information content (AvgIpc) is 2.61. The van der Waals surface area contributed by atoms with Crippen molar-refractivity contribution in [1.82, 2.24) is 15.3 Å². The van der Waals surface area contributed by atoms with Gasteiger partial charge in [-0.05, 0) is 36.5 Å². The number of nitrogens with zero attached hydrogens (tertiary/aromatic N) is 2. The van der Waals surface area contributed by atoms with Crippen LogP contribution in [0, 0.1) is 5.92 Å². The summed E-state index contributed by atoms with van der Waals surface area (Å²) in [6.07, 6.45) is 4.55. The summed E-state index contributed by atoms with van der Waals surface area (Å²) >= 11 is 0. The van der Waals surface area contributed by atoms with Crippen LogP contribution in [-0.4, -0.2) is 37.4 Å². The summed E-state index contributed by atoms with van der Waals surface area (Å²) < 4.78 is 22.5. The molecule has 1 heterocycles. The number of anilines is 1. The van der Waals surface area contributed by atoms with E-state index < -0.39 is 10.0 Å². The average molecular weight is 391 g/mol. The van der Waals surface area contributed by atoms with E-state index in [9.17, 15) is 13.2 Å². The van der Waals surface area contributed by atoms with Crippen molar-refractivity contribution in [3.63, 3.8) is 0 Å². The van der Waals surface area contributed by atoms with E-state index in [0.717, 1.165) is 12.0 Å². The van der Waals surface area contributed by atoms with Gasteiger partial charge in [-0.15, -0.1) is 0 Å². The third-order valence-corrected chi connectivity index (χ3v) is 4.80. The van der Waals surface area contributed by atoms with Gasteiger partial charge in [0.1, 0.15) is 0 Å². The lowest BCUT2D eigenvalue weighted by atomic mass is 10.1. The van der Waals surface area contributed by atoms with Crippen LogP contribution in [0.2, 0.25) is 0 Å². The van der Waals surface area contributed by atoms with Crippen LogP contribution in [0.1, 0.15) is 36.2 Å². The van der Waals surface area contributed by atoms with E-state index in [4.69, 9.17) is 5.14 Å². The summed E-state index contributed by atoms with van der Waals surface area (Å²) in [5.41, 5.74) is 1.37. The third kappa shape index (κ3) is 6.95. The molecule has 27 heavy (non-hydrogen) atoms. The van der Waals surface area contributed by atoms with Crippen molar-refractivity contribution in [1.29, 1.82) is 0 Å². The Bertz CT molecular complexity index is 850. The van der Waals surface area contributed by atoms with E-state index in [1.54, 1.807) is 12.1 Å². The molecule has 0 radical (unpaired) electrons. The van der Waals surface area contributed by atoms with Crippen molar-refractivity contribution < 1.29 is 13.2 Å². The first-order chi connectivity index (χ1) is 12.8. The van der Waals surface area contributed by atoms with E-state index in [0.29, 0.717) is 36.9 Å². The Morgan fingerprint density at radius 1 is 1.11 bits per heavy atom. The van der Waals surface area contributed by atoms with Gasteiger partial charge in [0.15, 0.2) is 0 Å². The number of amides is 1. The monoisotopic (exact) mass is 391 g/mol. The lowest BCUT2D eigenvalue weighted by Crippen LogP contribution is -2.25. The molecule has 0 spiro atoms. The normalized spacial score (nSPS) is 11.4. The van der Waals surface area contributed by atoms with Crippen molar-refractivity contribution in [3.05, 3.63) is 47.8 Å². The molecule has 0 unspecified atom stereocenters. The van der Waals surface area contributed by atoms with Crippen LogP contribution in [0.3, 0.4) is 0 Å². The molecule has 1 aromatic heterocycles. The summed E-state index contributed by atoms with van der Waals surface area (Å²) in [7, 11) is -3.67. The maximum Gasteiger partial charge on any atom is 0.254 e. The van der Waals surface area contributed by atoms with Gasteiger partial charge >= 0.3 is 0 Å². The molecule has 0 bridgehead atoms. The van der Waals surface area contributed by atoms with Crippen molar-refractivity contribution in [2.24, 2.45) is 11.1 Å². The molecule has 0 aliphatic rings. The van der Waals surface area contributed by atoms with Gasteiger partial charge < -0.3 is 10.6 Å². The number of hydrogen-bond acceptors (Lipinski definition) is 6. The van der Waals surface area contributed by atoms with Crippen molar-refractivity contribution >= 4 is 21.9 Å². The second-order valence-corrected chi connectivity index (χ2v) is 8.16. The second-order valence-electron chi connectivity index (χ2n) is 6.60. The molecule has 9 heteroatoms. The summed E-state index contributed by atoms with van der Waals surface area (Å²) in [5.74, 6) is 0.774. The largest absolute Gasteiger partial charge is 0.354 e. The Labute approximate surface area is 159 Å². The van der Waals surface area contributed by atoms with Crippen LogP contribution >= 0.6 is 0 Å². The topological polar surface area (TPSA) is 127 Å². The Kier molecular flexibility index (Phi) is 7.26. The molecule has 0 aliphatic heterocycles. The highest BCUT2D eigenvalue weighted by Gasteiger charge is 2.08. The van der Waals surface area contributed by atoms with Gasteiger partial charge in [-0.1, -0.05) is 26.0 Å². The fourth-order valence-electron chi connectivity index (χ4n) is 2.28. The molecule has 2 aromatic rings. The highest BCUT2D eigenvalue weighted by molar-refractivity contribution is 7.89. The third-order valence-electron chi connectivity index (χ3n) is 3.87. The number of benzene rings is 1. The van der Waals surface area contributed by atoms with Gasteiger partial charge in [0, 0.05) is 25.5 Å². The van der Waals surface area contributed by atoms with Gasteiger partial charge in [0.05, 0.1) is 10.5 Å². The molecule has 0 saturated carbocycles. The lowest BCUT2D eigenvalue weighted by molar-refractivity contribution is 0.0951. The standard InChI is InChI=1S/C18H25N5O3S/c1-13(2)7-9-20-17(24)15-11-22-18(23-12-15)21-10-8-14-3-5-16(6-4-14)27(19,25)26/h3-6,11-13H,7-10H2,1-2H3,(H,20,24)(H2,19,25,26)(H,21,22,23). The zero-order chi connectivity index (χ0) is 19.9. The van der Waals surface area contributed by atoms with Gasteiger partial charge in [-0.3, -0.25) is 4.79 Å². The van der Waals surface area contributed by atoms with Crippen LogP contribution in [-0.2, 0) is 16.4 Å². The molecule has 1 aromatic carbocycles. The Hall–Kier alpha value is -2.52. The minimum atomic E-state index is -3.67. The van der Waals surface area contributed by atoms with Crippen molar-refractivity contribution in [3.8, 4) is 0 Å². The molecular weight excluding hydrogens is 366 g/mol. The number of carbonyl (C=O) groups is 1. The summed E-state index contributed by atoms with van der Waals surface area (Å²) in [4.78, 5) is 20.3. The van der Waals surface area contributed by atoms with E-state index in [1.807, 2.05) is 0 Å². The number of nitrogens with two attached hydrogens (primary N) is 1. The Balaban J connectivity index is 1.80. The molecule has 0 aliphatic carbocycles. The number of carbonyl (C=O) groups excluding carboxylic acids is 1. The fourth-order valence-corrected chi connectivity index (χ4v) is 2.79. The van der Waals surface area contributed by atoms with Crippen molar-refractivity contribution in [2.45, 2.75) is 31.6 Å². The number of rotatable bonds is 9. The predicted octanol–water partition coefficient (Wildman–Crippen LogP) is 1.55. The van der Waals surface area contributed by atoms with E-state index >= 15 is 0 Å². The van der Waals surface area contributed by atoms with Gasteiger partial charge in [-0.25, -0.2) is 23.5 Å². The van der Waals surface area contributed by atoms with Crippen molar-refractivity contribution in [2.75, 3.05) is 18.4 Å². The van der Waals surface area contributed by atoms with Gasteiger partial charge in [-0.2, -0.15) is 0 Å². The van der Waals surface area contributed by atoms with Gasteiger partial charge in [0.2, 0.25) is 16.0 Å². The van der Waals surface area contributed by atoms with Crippen LogP contribution in [0.15, 0.2) is 41.6 Å². The maximum atomic E-state index is 12.0. The van der Waals surface area contributed by atoms with E-state index in [-0.39, 0.29) is 10.8 Å². The SMILES string of the molecule is CC(C)CCNC(=O)c1cnc(NCCc2ccc(S(N)(=O)=O)cc2)nc1.